The number of aromatic nitrogens is 2. The predicted octanol–water partition coefficient (Wildman–Crippen LogP) is 3.03. The van der Waals surface area contributed by atoms with Gasteiger partial charge in [-0.2, -0.15) is 5.10 Å². The molecule has 140 valence electrons. The number of aliphatic imine (C=N–C) groups is 1. The highest BCUT2D eigenvalue weighted by Gasteiger charge is 2.31. The van der Waals surface area contributed by atoms with Crippen LogP contribution in [0.2, 0.25) is 0 Å². The van der Waals surface area contributed by atoms with Crippen LogP contribution in [0.3, 0.4) is 0 Å². The lowest BCUT2D eigenvalue weighted by atomic mass is 9.99. The van der Waals surface area contributed by atoms with Crippen molar-refractivity contribution in [3.05, 3.63) is 47.3 Å². The van der Waals surface area contributed by atoms with Gasteiger partial charge in [-0.15, -0.1) is 24.0 Å². The quantitative estimate of drug-likeness (QED) is 0.412. The number of nitrogens with one attached hydrogen (secondary N) is 1. The molecule has 0 spiro atoms. The minimum Gasteiger partial charge on any atom is -0.372 e. The second kappa shape index (κ2) is 8.39. The summed E-state index contributed by atoms with van der Waals surface area (Å²) in [5.74, 6) is 0.796. The van der Waals surface area contributed by atoms with Gasteiger partial charge in [-0.3, -0.25) is 9.67 Å². The van der Waals surface area contributed by atoms with Gasteiger partial charge in [0, 0.05) is 38.0 Å². The Bertz CT molecular complexity index is 788. The molecule has 1 aliphatic carbocycles. The van der Waals surface area contributed by atoms with E-state index < -0.39 is 0 Å². The number of hydrogen-bond acceptors (Lipinski definition) is 3. The number of anilines is 1. The summed E-state index contributed by atoms with van der Waals surface area (Å²) in [5, 5.41) is 7.46. The number of benzene rings is 1. The van der Waals surface area contributed by atoms with E-state index in [2.05, 4.69) is 33.6 Å². The van der Waals surface area contributed by atoms with Crippen LogP contribution in [0.5, 0.6) is 0 Å². The standard InChI is InChI=1S/C19H25N5O.HI/c1-24-17(7-9-22-24)18-15(8-10-25-18)12-21-19(20)23-16-6-5-13-3-2-4-14(13)11-16;/h5-7,9,11,15,18H,2-4,8,10,12H2,1H3,(H3,20,21,23);1H/t15-,18+;/m0./s1. The van der Waals surface area contributed by atoms with E-state index in [0.717, 1.165) is 30.8 Å². The maximum Gasteiger partial charge on any atom is 0.193 e. The van der Waals surface area contributed by atoms with Gasteiger partial charge in [0.15, 0.2) is 5.96 Å². The largest absolute Gasteiger partial charge is 0.372 e. The van der Waals surface area contributed by atoms with Crippen LogP contribution in [-0.4, -0.2) is 28.9 Å². The van der Waals surface area contributed by atoms with Crippen molar-refractivity contribution in [2.45, 2.75) is 31.8 Å². The second-order valence-electron chi connectivity index (χ2n) is 6.91. The van der Waals surface area contributed by atoms with E-state index in [1.54, 1.807) is 6.20 Å². The lowest BCUT2D eigenvalue weighted by Gasteiger charge is -2.17. The van der Waals surface area contributed by atoms with Gasteiger partial charge in [0.1, 0.15) is 6.10 Å². The molecule has 1 aliphatic heterocycles. The Balaban J connectivity index is 0.00000196. The molecule has 1 aromatic carbocycles. The fourth-order valence-corrected chi connectivity index (χ4v) is 3.86. The van der Waals surface area contributed by atoms with E-state index in [4.69, 9.17) is 10.5 Å². The zero-order valence-corrected chi connectivity index (χ0v) is 17.3. The Hall–Kier alpha value is -1.61. The molecule has 2 atom stereocenters. The molecular weight excluding hydrogens is 441 g/mol. The Morgan fingerprint density at radius 1 is 1.35 bits per heavy atom. The van der Waals surface area contributed by atoms with Gasteiger partial charge in [-0.1, -0.05) is 6.07 Å². The number of ether oxygens (including phenoxy) is 1. The number of nitrogens with zero attached hydrogens (tertiary/aromatic N) is 3. The number of rotatable bonds is 4. The third-order valence-corrected chi connectivity index (χ3v) is 5.23. The number of nitrogens with two attached hydrogens (primary N) is 1. The zero-order chi connectivity index (χ0) is 17.2. The summed E-state index contributed by atoms with van der Waals surface area (Å²) in [6.45, 7) is 1.41. The Labute approximate surface area is 171 Å². The maximum atomic E-state index is 6.10. The van der Waals surface area contributed by atoms with Gasteiger partial charge in [0.05, 0.1) is 5.69 Å². The first kappa shape index (κ1) is 19.2. The van der Waals surface area contributed by atoms with Crippen molar-refractivity contribution >= 4 is 35.6 Å². The van der Waals surface area contributed by atoms with E-state index in [1.807, 2.05) is 17.8 Å². The molecule has 7 heteroatoms. The molecule has 2 aromatic rings. The molecule has 6 nitrogen and oxygen atoms in total. The molecule has 0 amide bonds. The summed E-state index contributed by atoms with van der Waals surface area (Å²) < 4.78 is 7.77. The van der Waals surface area contributed by atoms with Crippen LogP contribution >= 0.6 is 24.0 Å². The van der Waals surface area contributed by atoms with Crippen molar-refractivity contribution in [3.8, 4) is 0 Å². The van der Waals surface area contributed by atoms with E-state index in [1.165, 1.54) is 24.0 Å². The van der Waals surface area contributed by atoms with Gasteiger partial charge in [-0.25, -0.2) is 0 Å². The van der Waals surface area contributed by atoms with Crippen molar-refractivity contribution in [2.75, 3.05) is 18.5 Å². The molecule has 1 aromatic heterocycles. The minimum atomic E-state index is 0. The number of aryl methyl sites for hydroxylation is 3. The number of halogens is 1. The highest BCUT2D eigenvalue weighted by Crippen LogP contribution is 2.34. The first-order chi connectivity index (χ1) is 12.2. The highest BCUT2D eigenvalue weighted by atomic mass is 127. The van der Waals surface area contributed by atoms with Crippen LogP contribution in [0.25, 0.3) is 0 Å². The van der Waals surface area contributed by atoms with Crippen molar-refractivity contribution in [3.63, 3.8) is 0 Å². The predicted molar refractivity (Wildman–Crippen MR) is 114 cm³/mol. The van der Waals surface area contributed by atoms with Crippen molar-refractivity contribution < 1.29 is 4.74 Å². The maximum absolute atomic E-state index is 6.10. The smallest absolute Gasteiger partial charge is 0.193 e. The third kappa shape index (κ3) is 4.03. The number of guanidine groups is 1. The average Bonchev–Trinajstić information content (AvgIpc) is 3.32. The van der Waals surface area contributed by atoms with E-state index >= 15 is 0 Å². The fraction of sp³-hybridized carbons (Fsp3) is 0.474. The van der Waals surface area contributed by atoms with E-state index in [-0.39, 0.29) is 30.1 Å². The second-order valence-corrected chi connectivity index (χ2v) is 6.91. The van der Waals surface area contributed by atoms with Gasteiger partial charge >= 0.3 is 0 Å². The van der Waals surface area contributed by atoms with Gasteiger partial charge in [0.25, 0.3) is 0 Å². The van der Waals surface area contributed by atoms with E-state index in [9.17, 15) is 0 Å². The summed E-state index contributed by atoms with van der Waals surface area (Å²) in [4.78, 5) is 4.56. The lowest BCUT2D eigenvalue weighted by Crippen LogP contribution is -2.24. The van der Waals surface area contributed by atoms with Crippen molar-refractivity contribution in [1.29, 1.82) is 0 Å². The van der Waals surface area contributed by atoms with E-state index in [0.29, 0.717) is 18.4 Å². The fourth-order valence-electron chi connectivity index (χ4n) is 3.86. The Morgan fingerprint density at radius 2 is 2.19 bits per heavy atom. The summed E-state index contributed by atoms with van der Waals surface area (Å²) in [5.41, 5.74) is 11.1. The first-order valence-corrected chi connectivity index (χ1v) is 8.99. The third-order valence-electron chi connectivity index (χ3n) is 5.23. The van der Waals surface area contributed by atoms with Crippen LogP contribution in [-0.2, 0) is 24.6 Å². The zero-order valence-electron chi connectivity index (χ0n) is 15.0. The first-order valence-electron chi connectivity index (χ1n) is 8.99. The SMILES string of the molecule is Cn1nccc1[C@@H]1OCC[C@H]1CN=C(N)Nc1ccc2c(c1)CCC2.I. The summed E-state index contributed by atoms with van der Waals surface area (Å²) in [7, 11) is 1.95. The molecule has 0 saturated carbocycles. The molecular formula is C19H26IN5O. The molecule has 0 radical (unpaired) electrons. The van der Waals surface area contributed by atoms with Crippen molar-refractivity contribution in [1.82, 2.24) is 9.78 Å². The topological polar surface area (TPSA) is 77.5 Å². The van der Waals surface area contributed by atoms with Crippen LogP contribution in [0.15, 0.2) is 35.5 Å². The molecule has 2 aliphatic rings. The molecule has 0 unspecified atom stereocenters. The molecule has 26 heavy (non-hydrogen) atoms. The van der Waals surface area contributed by atoms with Crippen molar-refractivity contribution in [2.24, 2.45) is 23.7 Å². The average molecular weight is 467 g/mol. The molecule has 0 bridgehead atoms. The van der Waals surface area contributed by atoms with Crippen LogP contribution in [0.1, 0.15) is 35.8 Å². The highest BCUT2D eigenvalue weighted by molar-refractivity contribution is 14.0. The molecule has 3 N–H and O–H groups in total. The van der Waals surface area contributed by atoms with Crippen LogP contribution < -0.4 is 11.1 Å². The molecule has 1 saturated heterocycles. The van der Waals surface area contributed by atoms with Crippen LogP contribution in [0.4, 0.5) is 5.69 Å². The molecule has 1 fully saturated rings. The number of hydrogen-bond donors (Lipinski definition) is 2. The monoisotopic (exact) mass is 467 g/mol. The van der Waals surface area contributed by atoms with Gasteiger partial charge in [0.2, 0.25) is 0 Å². The lowest BCUT2D eigenvalue weighted by molar-refractivity contribution is 0.0859. The summed E-state index contributed by atoms with van der Waals surface area (Å²) in [6, 6.07) is 8.49. The van der Waals surface area contributed by atoms with Crippen LogP contribution in [0, 0.1) is 5.92 Å². The molecule has 4 rings (SSSR count). The Morgan fingerprint density at radius 3 is 3.00 bits per heavy atom. The molecule has 2 heterocycles. The minimum absolute atomic E-state index is 0. The Kier molecular flexibility index (Phi) is 6.18. The summed E-state index contributed by atoms with van der Waals surface area (Å²) in [6.07, 6.45) is 6.44. The summed E-state index contributed by atoms with van der Waals surface area (Å²) >= 11 is 0. The number of fused-ring (bicyclic) bond motifs is 1. The normalized spacial score (nSPS) is 22.1. The van der Waals surface area contributed by atoms with Gasteiger partial charge in [-0.05, 0) is 55.0 Å². The van der Waals surface area contributed by atoms with Gasteiger partial charge < -0.3 is 15.8 Å².